The first-order chi connectivity index (χ1) is 28.9. The van der Waals surface area contributed by atoms with Crippen LogP contribution in [0.3, 0.4) is 0 Å². The quantitative estimate of drug-likeness (QED) is 0.0417. The molecular formula is C46H63N4O9PSi. The molecule has 1 aliphatic rings. The number of hydrogen-bond acceptors (Lipinski definition) is 11. The lowest BCUT2D eigenvalue weighted by Crippen LogP contribution is -2.51. The third-order valence-electron chi connectivity index (χ3n) is 11.5. The Balaban J connectivity index is 1.75. The number of benzene rings is 3. The number of rotatable bonds is 19. The van der Waals surface area contributed by atoms with Gasteiger partial charge in [-0.1, -0.05) is 75.4 Å². The number of nitriles is 1. The number of H-pyrrole nitrogens is 1. The van der Waals surface area contributed by atoms with Crippen LogP contribution in [-0.4, -0.2) is 80.4 Å². The average molecular weight is 875 g/mol. The number of ether oxygens (including phenoxy) is 4. The predicted molar refractivity (Wildman–Crippen MR) is 240 cm³/mol. The summed E-state index contributed by atoms with van der Waals surface area (Å²) in [5.41, 5.74) is 0.506. The molecule has 5 atom stereocenters. The van der Waals surface area contributed by atoms with Crippen molar-refractivity contribution in [2.75, 3.05) is 27.4 Å². The fourth-order valence-electron chi connectivity index (χ4n) is 7.29. The Morgan fingerprint density at radius 3 is 1.90 bits per heavy atom. The third kappa shape index (κ3) is 10.7. The lowest BCUT2D eigenvalue weighted by atomic mass is 9.80. The Bertz CT molecular complexity index is 2130. The number of nitrogens with one attached hydrogen (secondary N) is 1. The zero-order valence-electron chi connectivity index (χ0n) is 37.6. The second kappa shape index (κ2) is 20.3. The van der Waals surface area contributed by atoms with E-state index >= 15 is 0 Å². The van der Waals surface area contributed by atoms with Crippen molar-refractivity contribution in [2.24, 2.45) is 0 Å². The molecule has 3 aromatic carbocycles. The van der Waals surface area contributed by atoms with Gasteiger partial charge in [0, 0.05) is 23.8 Å². The van der Waals surface area contributed by atoms with E-state index in [0.29, 0.717) is 17.1 Å². The number of hydrogen-bond donors (Lipinski definition) is 1. The maximum atomic E-state index is 13.8. The van der Waals surface area contributed by atoms with Crippen molar-refractivity contribution in [3.8, 4) is 17.6 Å². The molecule has 2 heterocycles. The summed E-state index contributed by atoms with van der Waals surface area (Å²) in [6.45, 7) is 20.8. The van der Waals surface area contributed by atoms with Gasteiger partial charge in [-0.25, -0.2) is 9.46 Å². The fourth-order valence-corrected chi connectivity index (χ4v) is 10.3. The molecule has 1 N–H and O–H groups in total. The van der Waals surface area contributed by atoms with Crippen LogP contribution in [0.25, 0.3) is 0 Å². The summed E-state index contributed by atoms with van der Waals surface area (Å²) in [5, 5.41) is 9.28. The molecule has 1 fully saturated rings. The topological polar surface area (TPSA) is 147 Å². The summed E-state index contributed by atoms with van der Waals surface area (Å²) < 4.78 is 50.2. The second-order valence-electron chi connectivity index (χ2n) is 17.3. The molecule has 4 aromatic rings. The SMILES string of the molecule is COc1ccc(C(OC[C@H]2O[C@@H](n3cc(C)c(=O)[nH]c3=O)[C@@H](O[Si](C)(C)C(C)(C)C)C2OP(OCCC#N)N(C(C)C)C(C)C)(c2ccccc2)c2ccc(OC)cc2)cc1. The van der Waals surface area contributed by atoms with E-state index in [2.05, 4.69) is 77.3 Å². The van der Waals surface area contributed by atoms with Crippen molar-refractivity contribution in [1.82, 2.24) is 14.2 Å². The molecule has 0 spiro atoms. The van der Waals surface area contributed by atoms with Crippen LogP contribution < -0.4 is 20.7 Å². The molecule has 0 saturated carbocycles. The number of aromatic amines is 1. The van der Waals surface area contributed by atoms with Crippen molar-refractivity contribution < 1.29 is 32.4 Å². The maximum absolute atomic E-state index is 13.8. The summed E-state index contributed by atoms with van der Waals surface area (Å²) in [6, 6.07) is 27.7. The van der Waals surface area contributed by atoms with E-state index in [1.807, 2.05) is 78.9 Å². The van der Waals surface area contributed by atoms with Crippen LogP contribution in [0.2, 0.25) is 18.1 Å². The van der Waals surface area contributed by atoms with E-state index in [9.17, 15) is 14.9 Å². The molecule has 13 nitrogen and oxygen atoms in total. The highest BCUT2D eigenvalue weighted by Crippen LogP contribution is 2.52. The van der Waals surface area contributed by atoms with Gasteiger partial charge in [0.1, 0.15) is 35.4 Å². The summed E-state index contributed by atoms with van der Waals surface area (Å²) in [7, 11) is -1.22. The zero-order valence-corrected chi connectivity index (χ0v) is 39.5. The minimum atomic E-state index is -2.65. The van der Waals surface area contributed by atoms with Crippen LogP contribution in [0.5, 0.6) is 11.5 Å². The Morgan fingerprint density at radius 2 is 1.41 bits per heavy atom. The first kappa shape index (κ1) is 47.9. The van der Waals surface area contributed by atoms with Gasteiger partial charge in [-0.3, -0.25) is 14.3 Å². The monoisotopic (exact) mass is 874 g/mol. The molecule has 0 aliphatic carbocycles. The predicted octanol–water partition coefficient (Wildman–Crippen LogP) is 8.82. The van der Waals surface area contributed by atoms with Crippen LogP contribution in [0.4, 0.5) is 0 Å². The van der Waals surface area contributed by atoms with Crippen LogP contribution in [0.15, 0.2) is 94.6 Å². The van der Waals surface area contributed by atoms with Crippen molar-refractivity contribution >= 4 is 16.8 Å². The third-order valence-corrected chi connectivity index (χ3v) is 18.1. The van der Waals surface area contributed by atoms with E-state index in [0.717, 1.165) is 16.7 Å². The Kier molecular flexibility index (Phi) is 16.0. The van der Waals surface area contributed by atoms with E-state index in [4.69, 9.17) is 32.4 Å². The van der Waals surface area contributed by atoms with Crippen molar-refractivity contribution in [3.63, 3.8) is 0 Å². The molecular weight excluding hydrogens is 812 g/mol. The van der Waals surface area contributed by atoms with Crippen molar-refractivity contribution in [2.45, 2.75) is 122 Å². The number of nitrogens with zero attached hydrogens (tertiary/aromatic N) is 3. The number of aryl methyl sites for hydroxylation is 1. The van der Waals surface area contributed by atoms with Crippen LogP contribution in [-0.2, 0) is 28.5 Å². The largest absolute Gasteiger partial charge is 0.497 e. The Hall–Kier alpha value is -4.16. The Labute approximate surface area is 363 Å². The van der Waals surface area contributed by atoms with Crippen LogP contribution >= 0.6 is 8.53 Å². The van der Waals surface area contributed by atoms with Gasteiger partial charge in [0.2, 0.25) is 0 Å². The lowest BCUT2D eigenvalue weighted by molar-refractivity contribution is -0.0943. The zero-order chi connectivity index (χ0) is 44.7. The van der Waals surface area contributed by atoms with Gasteiger partial charge in [0.15, 0.2) is 14.5 Å². The highest BCUT2D eigenvalue weighted by molar-refractivity contribution is 7.44. The summed E-state index contributed by atoms with van der Waals surface area (Å²) in [6.07, 6.45) is -1.95. The van der Waals surface area contributed by atoms with Crippen molar-refractivity contribution in [1.29, 1.82) is 5.26 Å². The number of methoxy groups -OCH3 is 2. The van der Waals surface area contributed by atoms with Gasteiger partial charge in [-0.05, 0) is 93.7 Å². The highest BCUT2D eigenvalue weighted by atomic mass is 31.2. The van der Waals surface area contributed by atoms with Gasteiger partial charge >= 0.3 is 5.69 Å². The van der Waals surface area contributed by atoms with E-state index in [1.54, 1.807) is 21.1 Å². The highest BCUT2D eigenvalue weighted by Gasteiger charge is 2.54. The molecule has 1 aromatic heterocycles. The molecule has 61 heavy (non-hydrogen) atoms. The maximum Gasteiger partial charge on any atom is 0.330 e. The Morgan fingerprint density at radius 1 is 0.869 bits per heavy atom. The molecule has 5 rings (SSSR count). The van der Waals surface area contributed by atoms with Gasteiger partial charge in [-0.2, -0.15) is 5.26 Å². The molecule has 330 valence electrons. The van der Waals surface area contributed by atoms with E-state index in [-0.39, 0.29) is 36.8 Å². The molecule has 0 radical (unpaired) electrons. The van der Waals surface area contributed by atoms with Crippen LogP contribution in [0, 0.1) is 18.3 Å². The molecule has 1 saturated heterocycles. The van der Waals surface area contributed by atoms with Gasteiger partial charge < -0.3 is 32.4 Å². The molecule has 2 unspecified atom stereocenters. The van der Waals surface area contributed by atoms with Gasteiger partial charge in [-0.15, -0.1) is 0 Å². The first-order valence-electron chi connectivity index (χ1n) is 20.8. The summed E-state index contributed by atoms with van der Waals surface area (Å²) in [4.78, 5) is 29.0. The van der Waals surface area contributed by atoms with Crippen molar-refractivity contribution in [3.05, 3.63) is 128 Å². The normalized spacial score (nSPS) is 19.0. The summed E-state index contributed by atoms with van der Waals surface area (Å²) >= 11 is 0. The minimum Gasteiger partial charge on any atom is -0.497 e. The lowest BCUT2D eigenvalue weighted by Gasteiger charge is -2.42. The van der Waals surface area contributed by atoms with Gasteiger partial charge in [0.25, 0.3) is 14.1 Å². The van der Waals surface area contributed by atoms with Gasteiger partial charge in [0.05, 0.1) is 39.9 Å². The summed E-state index contributed by atoms with van der Waals surface area (Å²) in [5.74, 6) is 1.38. The molecule has 0 amide bonds. The first-order valence-corrected chi connectivity index (χ1v) is 24.8. The smallest absolute Gasteiger partial charge is 0.330 e. The van der Waals surface area contributed by atoms with E-state index in [1.165, 1.54) is 10.8 Å². The number of aromatic nitrogens is 2. The van der Waals surface area contributed by atoms with E-state index < -0.39 is 58.2 Å². The van der Waals surface area contributed by atoms with Crippen LogP contribution in [0.1, 0.15) is 83.4 Å². The average Bonchev–Trinajstić information content (AvgIpc) is 3.54. The molecule has 1 aliphatic heterocycles. The molecule has 15 heteroatoms. The second-order valence-corrected chi connectivity index (χ2v) is 23.5. The standard InChI is InChI=1S/C46H63N4O9PSi/c1-31(2)50(32(3)4)60(56-28-16-27-47)58-40-39(57-43(41(40)59-61(11,12)45(6,7)8)49-29-33(5)42(51)48-44(49)52)30-55-46(34-17-14-13-15-18-34,35-19-23-37(53-9)24-20-35)36-21-25-38(54-10)26-22-36/h13-15,17-26,29,31-32,39-41,43H,16,28,30H2,1-12H3,(H,48,51,52)/t39-,40?,41+,43-,60?/m1/s1. The fraction of sp³-hybridized carbons (Fsp3) is 0.500. The molecule has 0 bridgehead atoms. The minimum absolute atomic E-state index is 0.00103.